The van der Waals surface area contributed by atoms with E-state index in [0.29, 0.717) is 0 Å². The SMILES string of the molecule is O=C(O)CC[C@H](NCc1ccc(CN[C@@H](CCC(=O)O)C(=O)O)cc1)C(=O)O. The van der Waals surface area contributed by atoms with Crippen molar-refractivity contribution < 1.29 is 39.6 Å². The zero-order valence-electron chi connectivity index (χ0n) is 15.1. The third-order valence-corrected chi connectivity index (χ3v) is 4.02. The van der Waals surface area contributed by atoms with Gasteiger partial charge in [0, 0.05) is 25.9 Å². The van der Waals surface area contributed by atoms with E-state index in [0.717, 1.165) is 11.1 Å². The van der Waals surface area contributed by atoms with Crippen LogP contribution in [-0.4, -0.2) is 56.4 Å². The summed E-state index contributed by atoms with van der Waals surface area (Å²) in [5.74, 6) is -4.37. The zero-order valence-corrected chi connectivity index (χ0v) is 15.1. The number of benzene rings is 1. The average Bonchev–Trinajstić information content (AvgIpc) is 2.61. The average molecular weight is 396 g/mol. The Labute approximate surface area is 161 Å². The third kappa shape index (κ3) is 9.10. The summed E-state index contributed by atoms with van der Waals surface area (Å²) >= 11 is 0. The minimum absolute atomic E-state index is 0.0282. The van der Waals surface area contributed by atoms with Crippen molar-refractivity contribution in [3.63, 3.8) is 0 Å². The van der Waals surface area contributed by atoms with E-state index in [2.05, 4.69) is 10.6 Å². The molecule has 0 saturated carbocycles. The number of carboxylic acids is 4. The van der Waals surface area contributed by atoms with Crippen molar-refractivity contribution in [1.29, 1.82) is 0 Å². The van der Waals surface area contributed by atoms with Crippen molar-refractivity contribution in [3.8, 4) is 0 Å². The van der Waals surface area contributed by atoms with Crippen molar-refractivity contribution in [2.24, 2.45) is 0 Å². The molecule has 1 aromatic carbocycles. The molecule has 0 unspecified atom stereocenters. The minimum Gasteiger partial charge on any atom is -0.481 e. The Bertz CT molecular complexity index is 630. The van der Waals surface area contributed by atoms with Gasteiger partial charge in [0.25, 0.3) is 0 Å². The van der Waals surface area contributed by atoms with Crippen LogP contribution in [0.4, 0.5) is 0 Å². The molecule has 154 valence electrons. The molecule has 0 bridgehead atoms. The smallest absolute Gasteiger partial charge is 0.320 e. The summed E-state index contributed by atoms with van der Waals surface area (Å²) in [6.07, 6.45) is -0.554. The summed E-state index contributed by atoms with van der Waals surface area (Å²) in [5.41, 5.74) is 1.57. The summed E-state index contributed by atoms with van der Waals surface area (Å²) in [7, 11) is 0. The number of carboxylic acid groups (broad SMARTS) is 4. The van der Waals surface area contributed by atoms with Gasteiger partial charge in [-0.1, -0.05) is 24.3 Å². The highest BCUT2D eigenvalue weighted by atomic mass is 16.4. The maximum Gasteiger partial charge on any atom is 0.320 e. The minimum atomic E-state index is -1.12. The first-order valence-electron chi connectivity index (χ1n) is 8.62. The fraction of sp³-hybridized carbons (Fsp3) is 0.444. The predicted octanol–water partition coefficient (Wildman–Crippen LogP) is 0.502. The fourth-order valence-corrected chi connectivity index (χ4v) is 2.42. The van der Waals surface area contributed by atoms with Crippen LogP contribution in [0.25, 0.3) is 0 Å². The monoisotopic (exact) mass is 396 g/mol. The molecular formula is C18H24N2O8. The van der Waals surface area contributed by atoms with Crippen LogP contribution in [0.15, 0.2) is 24.3 Å². The van der Waals surface area contributed by atoms with E-state index in [1.807, 2.05) is 0 Å². The lowest BCUT2D eigenvalue weighted by molar-refractivity contribution is -0.142. The van der Waals surface area contributed by atoms with Gasteiger partial charge in [-0.25, -0.2) is 0 Å². The Morgan fingerprint density at radius 3 is 1.25 bits per heavy atom. The van der Waals surface area contributed by atoms with E-state index in [9.17, 15) is 19.2 Å². The Balaban J connectivity index is 2.53. The molecule has 10 heteroatoms. The summed E-state index contributed by atoms with van der Waals surface area (Å²) in [4.78, 5) is 43.4. The molecule has 28 heavy (non-hydrogen) atoms. The normalized spacial score (nSPS) is 12.9. The number of hydrogen-bond acceptors (Lipinski definition) is 6. The lowest BCUT2D eigenvalue weighted by atomic mass is 10.1. The highest BCUT2D eigenvalue weighted by Gasteiger charge is 2.19. The maximum atomic E-state index is 11.1. The highest BCUT2D eigenvalue weighted by molar-refractivity contribution is 5.75. The summed E-state index contributed by atoms with van der Waals surface area (Å²) < 4.78 is 0. The highest BCUT2D eigenvalue weighted by Crippen LogP contribution is 2.07. The molecule has 0 aliphatic heterocycles. The molecule has 0 saturated heterocycles. The number of aliphatic carboxylic acids is 4. The molecule has 0 aromatic heterocycles. The molecule has 0 spiro atoms. The standard InChI is InChI=1S/C18H24N2O8/c21-15(22)7-5-13(17(25)26)19-9-11-1-2-12(4-3-11)10-20-14(18(27)28)6-8-16(23)24/h1-4,13-14,19-20H,5-10H2,(H,21,22)(H,23,24)(H,25,26)(H,27,28)/t13-,14-/m0/s1. The van der Waals surface area contributed by atoms with E-state index in [-0.39, 0.29) is 38.8 Å². The van der Waals surface area contributed by atoms with Crippen LogP contribution in [0.1, 0.15) is 36.8 Å². The van der Waals surface area contributed by atoms with Crippen molar-refractivity contribution in [3.05, 3.63) is 35.4 Å². The van der Waals surface area contributed by atoms with Gasteiger partial charge < -0.3 is 31.1 Å². The lowest BCUT2D eigenvalue weighted by Gasteiger charge is -2.15. The van der Waals surface area contributed by atoms with Gasteiger partial charge in [-0.05, 0) is 24.0 Å². The van der Waals surface area contributed by atoms with Gasteiger partial charge in [-0.2, -0.15) is 0 Å². The molecule has 6 N–H and O–H groups in total. The van der Waals surface area contributed by atoms with Crippen LogP contribution in [0.3, 0.4) is 0 Å². The van der Waals surface area contributed by atoms with E-state index >= 15 is 0 Å². The Hall–Kier alpha value is -2.98. The molecular weight excluding hydrogens is 372 g/mol. The predicted molar refractivity (Wildman–Crippen MR) is 96.7 cm³/mol. The topological polar surface area (TPSA) is 173 Å². The Kier molecular flexibility index (Phi) is 9.61. The number of hydrogen-bond donors (Lipinski definition) is 6. The summed E-state index contributed by atoms with van der Waals surface area (Å²) in [5, 5.41) is 41.1. The van der Waals surface area contributed by atoms with Crippen molar-refractivity contribution >= 4 is 23.9 Å². The van der Waals surface area contributed by atoms with Crippen LogP contribution in [0, 0.1) is 0 Å². The van der Waals surface area contributed by atoms with Crippen molar-refractivity contribution in [1.82, 2.24) is 10.6 Å². The number of nitrogens with one attached hydrogen (secondary N) is 2. The molecule has 2 atom stereocenters. The molecule has 1 rings (SSSR count). The van der Waals surface area contributed by atoms with Gasteiger partial charge in [0.2, 0.25) is 0 Å². The molecule has 0 aliphatic carbocycles. The van der Waals surface area contributed by atoms with Crippen LogP contribution >= 0.6 is 0 Å². The summed E-state index contributed by atoms with van der Waals surface area (Å²) in [6.45, 7) is 0.474. The van der Waals surface area contributed by atoms with Crippen LogP contribution in [-0.2, 0) is 32.3 Å². The molecule has 0 aliphatic rings. The fourth-order valence-electron chi connectivity index (χ4n) is 2.42. The largest absolute Gasteiger partial charge is 0.481 e. The van der Waals surface area contributed by atoms with Gasteiger partial charge in [-0.15, -0.1) is 0 Å². The van der Waals surface area contributed by atoms with Gasteiger partial charge in [0.05, 0.1) is 0 Å². The van der Waals surface area contributed by atoms with E-state index in [1.165, 1.54) is 0 Å². The lowest BCUT2D eigenvalue weighted by Crippen LogP contribution is -2.37. The maximum absolute atomic E-state index is 11.1. The first kappa shape index (κ1) is 23.1. The van der Waals surface area contributed by atoms with Crippen molar-refractivity contribution in [2.75, 3.05) is 0 Å². The third-order valence-electron chi connectivity index (χ3n) is 4.02. The Morgan fingerprint density at radius 1 is 0.679 bits per heavy atom. The van der Waals surface area contributed by atoms with Crippen LogP contribution in [0.2, 0.25) is 0 Å². The van der Waals surface area contributed by atoms with E-state index in [1.54, 1.807) is 24.3 Å². The Morgan fingerprint density at radius 2 is 1.00 bits per heavy atom. The quantitative estimate of drug-likeness (QED) is 0.260. The summed E-state index contributed by atoms with van der Waals surface area (Å²) in [6, 6.07) is 5.03. The first-order valence-corrected chi connectivity index (χ1v) is 8.62. The van der Waals surface area contributed by atoms with E-state index < -0.39 is 36.0 Å². The molecule has 0 fully saturated rings. The van der Waals surface area contributed by atoms with Gasteiger partial charge in [-0.3, -0.25) is 19.2 Å². The molecule has 10 nitrogen and oxygen atoms in total. The zero-order chi connectivity index (χ0) is 21.1. The number of carbonyl (C=O) groups is 4. The van der Waals surface area contributed by atoms with Gasteiger partial charge in [0.1, 0.15) is 12.1 Å². The number of rotatable bonds is 14. The second-order valence-corrected chi connectivity index (χ2v) is 6.22. The molecule has 1 aromatic rings. The van der Waals surface area contributed by atoms with Gasteiger partial charge in [0.15, 0.2) is 0 Å². The van der Waals surface area contributed by atoms with Crippen molar-refractivity contribution in [2.45, 2.75) is 50.9 Å². The molecule has 0 heterocycles. The second-order valence-electron chi connectivity index (χ2n) is 6.22. The molecule has 0 amide bonds. The van der Waals surface area contributed by atoms with E-state index in [4.69, 9.17) is 20.4 Å². The molecule has 0 radical (unpaired) electrons. The second kappa shape index (κ2) is 11.7. The van der Waals surface area contributed by atoms with Crippen LogP contribution < -0.4 is 10.6 Å². The van der Waals surface area contributed by atoms with Crippen LogP contribution in [0.5, 0.6) is 0 Å². The first-order chi connectivity index (χ1) is 13.2. The van der Waals surface area contributed by atoms with Gasteiger partial charge >= 0.3 is 23.9 Å².